The van der Waals surface area contributed by atoms with Gasteiger partial charge in [0.15, 0.2) is 0 Å². The van der Waals surface area contributed by atoms with E-state index in [1.165, 1.54) is 0 Å². The highest BCUT2D eigenvalue weighted by molar-refractivity contribution is 4.76. The van der Waals surface area contributed by atoms with Crippen molar-refractivity contribution in [2.45, 2.75) is 30.5 Å². The fourth-order valence-corrected chi connectivity index (χ4v) is 1.27. The maximum absolute atomic E-state index is 13.9. The van der Waals surface area contributed by atoms with Gasteiger partial charge in [0.25, 0.3) is 0 Å². The number of hydrogen-bond acceptors (Lipinski definition) is 10. The molecule has 0 aliphatic rings. The summed E-state index contributed by atoms with van der Waals surface area (Å²) in [6.07, 6.45) is -5.89. The Balaban J connectivity index is 6.01. The van der Waals surface area contributed by atoms with E-state index in [4.69, 9.17) is 0 Å². The standard InChI is InChI=1S/C5H4F3N5O10/c6-3(9(14)15,1-4(7,10(16)17)11(18)19)2-5(8,12(20)21)13(22)23/h1-2H2. The molecule has 0 rings (SSSR count). The Morgan fingerprint density at radius 3 is 0.913 bits per heavy atom. The minimum absolute atomic E-state index is 2.37. The molecule has 130 valence electrons. The second-order valence-corrected chi connectivity index (χ2v) is 3.99. The molecule has 0 heterocycles. The van der Waals surface area contributed by atoms with Gasteiger partial charge in [-0.2, -0.15) is 4.39 Å². The van der Waals surface area contributed by atoms with Crippen molar-refractivity contribution in [1.82, 2.24) is 0 Å². The van der Waals surface area contributed by atoms with E-state index >= 15 is 0 Å². The molecule has 15 nitrogen and oxygen atoms in total. The zero-order valence-electron chi connectivity index (χ0n) is 10.4. The van der Waals surface area contributed by atoms with E-state index in [0.717, 1.165) is 0 Å². The van der Waals surface area contributed by atoms with Gasteiger partial charge in [0.1, 0.15) is 19.7 Å². The van der Waals surface area contributed by atoms with Crippen LogP contribution in [0.2, 0.25) is 0 Å². The number of rotatable bonds is 9. The van der Waals surface area contributed by atoms with Gasteiger partial charge in [-0.3, -0.25) is 50.6 Å². The van der Waals surface area contributed by atoms with Gasteiger partial charge in [-0.1, -0.05) is 8.78 Å². The van der Waals surface area contributed by atoms with Crippen molar-refractivity contribution in [2.75, 3.05) is 0 Å². The van der Waals surface area contributed by atoms with E-state index in [9.17, 15) is 63.7 Å². The summed E-state index contributed by atoms with van der Waals surface area (Å²) in [5.74, 6) is -15.0. The summed E-state index contributed by atoms with van der Waals surface area (Å²) in [6.45, 7) is 0. The van der Waals surface area contributed by atoms with Crippen molar-refractivity contribution in [3.63, 3.8) is 0 Å². The molecule has 0 aromatic heterocycles. The Morgan fingerprint density at radius 1 is 0.565 bits per heavy atom. The number of nitrogens with zero attached hydrogens (tertiary/aromatic N) is 5. The molecule has 23 heavy (non-hydrogen) atoms. The lowest BCUT2D eigenvalue weighted by atomic mass is 10.0. The molecule has 0 fully saturated rings. The van der Waals surface area contributed by atoms with Gasteiger partial charge in [0.2, 0.25) is 12.8 Å². The van der Waals surface area contributed by atoms with Crippen LogP contribution < -0.4 is 0 Å². The van der Waals surface area contributed by atoms with E-state index in [2.05, 4.69) is 0 Å². The summed E-state index contributed by atoms with van der Waals surface area (Å²) < 4.78 is 40.9. The highest BCUT2D eigenvalue weighted by Gasteiger charge is 2.75. The van der Waals surface area contributed by atoms with Crippen LogP contribution in [0, 0.1) is 50.6 Å². The molecule has 0 N–H and O–H groups in total. The van der Waals surface area contributed by atoms with Crippen LogP contribution in [0.3, 0.4) is 0 Å². The summed E-state index contributed by atoms with van der Waals surface area (Å²) in [5, 5.41) is 51.4. The number of alkyl halides is 3. The largest absolute Gasteiger partial charge is 0.624 e. The summed E-state index contributed by atoms with van der Waals surface area (Å²) in [4.78, 5) is 39.4. The Kier molecular flexibility index (Phi) is 5.06. The van der Waals surface area contributed by atoms with Gasteiger partial charge in [0, 0.05) is 0 Å². The molecule has 0 atom stereocenters. The Hall–Kier alpha value is -3.21. The monoisotopic (exact) mass is 351 g/mol. The summed E-state index contributed by atoms with van der Waals surface area (Å²) in [6, 6.07) is 0. The molecule has 0 amide bonds. The SMILES string of the molecule is O=[N+]([O-])C(F)(CC(F)([N+](=O)[O-])[N+](=O)[O-])CC(F)([N+](=O)[O-])[N+](=O)[O-]. The van der Waals surface area contributed by atoms with Crippen molar-refractivity contribution < 1.29 is 37.8 Å². The summed E-state index contributed by atoms with van der Waals surface area (Å²) >= 11 is 0. The van der Waals surface area contributed by atoms with Crippen LogP contribution in [0.15, 0.2) is 0 Å². The molecule has 0 bridgehead atoms. The van der Waals surface area contributed by atoms with Crippen molar-refractivity contribution in [1.29, 1.82) is 0 Å². The summed E-state index contributed by atoms with van der Waals surface area (Å²) in [7, 11) is 0. The first-order chi connectivity index (χ1) is 10.1. The molecule has 18 heteroatoms. The number of halogens is 3. The second kappa shape index (κ2) is 5.88. The molecule has 0 saturated carbocycles. The van der Waals surface area contributed by atoms with Gasteiger partial charge in [0.05, 0.1) is 4.92 Å². The van der Waals surface area contributed by atoms with E-state index < -0.39 is 55.1 Å². The van der Waals surface area contributed by atoms with Crippen LogP contribution in [0.1, 0.15) is 12.8 Å². The molecule has 0 unspecified atom stereocenters. The lowest BCUT2D eigenvalue weighted by molar-refractivity contribution is -0.854. The van der Waals surface area contributed by atoms with Crippen LogP contribution in [0.25, 0.3) is 0 Å². The minimum atomic E-state index is -5.07. The van der Waals surface area contributed by atoms with Crippen molar-refractivity contribution in [2.24, 2.45) is 0 Å². The first kappa shape index (κ1) is 19.8. The predicted molar refractivity (Wildman–Crippen MR) is 55.7 cm³/mol. The Bertz CT molecular complexity index is 513. The zero-order chi connectivity index (χ0) is 18.8. The van der Waals surface area contributed by atoms with Gasteiger partial charge in [-0.25, -0.2) is 0 Å². The number of hydrogen-bond donors (Lipinski definition) is 0. The van der Waals surface area contributed by atoms with Crippen molar-refractivity contribution >= 4 is 0 Å². The Labute approximate surface area is 120 Å². The highest BCUT2D eigenvalue weighted by atomic mass is 19.2. The first-order valence-corrected chi connectivity index (χ1v) is 4.92. The predicted octanol–water partition coefficient (Wildman–Crippen LogP) is 0.0625. The van der Waals surface area contributed by atoms with Gasteiger partial charge in [-0.05, 0) is 0 Å². The van der Waals surface area contributed by atoms with Gasteiger partial charge in [-0.15, -0.1) is 0 Å². The molecule has 0 saturated heterocycles. The van der Waals surface area contributed by atoms with E-state index in [0.29, 0.717) is 0 Å². The molecule has 0 radical (unpaired) electrons. The van der Waals surface area contributed by atoms with Crippen LogP contribution in [-0.4, -0.2) is 42.2 Å². The molecule has 0 aliphatic heterocycles. The molecule has 0 aromatic carbocycles. The smallest absolute Gasteiger partial charge is 0.261 e. The third-order valence-electron chi connectivity index (χ3n) is 2.44. The molecular weight excluding hydrogens is 347 g/mol. The number of nitro groups is 5. The van der Waals surface area contributed by atoms with Crippen molar-refractivity contribution in [3.05, 3.63) is 50.6 Å². The first-order valence-electron chi connectivity index (χ1n) is 4.92. The lowest BCUT2D eigenvalue weighted by Gasteiger charge is -2.18. The van der Waals surface area contributed by atoms with Crippen LogP contribution in [0.5, 0.6) is 0 Å². The van der Waals surface area contributed by atoms with Crippen LogP contribution in [-0.2, 0) is 0 Å². The normalized spacial score (nSPS) is 12.5. The minimum Gasteiger partial charge on any atom is -0.261 e. The van der Waals surface area contributed by atoms with E-state index in [-0.39, 0.29) is 0 Å². The maximum Gasteiger partial charge on any atom is 0.624 e. The van der Waals surface area contributed by atoms with Crippen LogP contribution >= 0.6 is 0 Å². The van der Waals surface area contributed by atoms with Crippen LogP contribution in [0.4, 0.5) is 13.2 Å². The topological polar surface area (TPSA) is 216 Å². The fourth-order valence-electron chi connectivity index (χ4n) is 1.27. The van der Waals surface area contributed by atoms with Crippen molar-refractivity contribution in [3.8, 4) is 0 Å². The van der Waals surface area contributed by atoms with E-state index in [1.807, 2.05) is 0 Å². The molecule has 0 aromatic rings. The average Bonchev–Trinajstić information content (AvgIpc) is 2.36. The maximum atomic E-state index is 13.9. The van der Waals surface area contributed by atoms with E-state index in [1.54, 1.807) is 0 Å². The molecule has 0 aliphatic carbocycles. The van der Waals surface area contributed by atoms with Gasteiger partial charge < -0.3 is 0 Å². The quantitative estimate of drug-likeness (QED) is 0.235. The fraction of sp³-hybridized carbons (Fsp3) is 1.00. The highest BCUT2D eigenvalue weighted by Crippen LogP contribution is 2.37. The average molecular weight is 351 g/mol. The third kappa shape index (κ3) is 3.52. The zero-order valence-corrected chi connectivity index (χ0v) is 10.4. The van der Waals surface area contributed by atoms with Gasteiger partial charge >= 0.3 is 17.6 Å². The molecule has 0 spiro atoms. The Morgan fingerprint density at radius 2 is 0.783 bits per heavy atom. The molecular formula is C5H4F3N5O10. The summed E-state index contributed by atoms with van der Waals surface area (Å²) in [5.41, 5.74) is 0. The third-order valence-corrected chi connectivity index (χ3v) is 2.44. The lowest BCUT2D eigenvalue weighted by Crippen LogP contribution is -2.55. The second-order valence-electron chi connectivity index (χ2n) is 3.99.